The lowest BCUT2D eigenvalue weighted by atomic mass is 10.1. The largest absolute Gasteiger partial charge is 0.477 e. The van der Waals surface area contributed by atoms with Gasteiger partial charge in [-0.25, -0.2) is 4.68 Å². The van der Waals surface area contributed by atoms with Crippen LogP contribution >= 0.6 is 0 Å². The predicted octanol–water partition coefficient (Wildman–Crippen LogP) is -1.02. The van der Waals surface area contributed by atoms with Crippen molar-refractivity contribution in [3.8, 4) is 0 Å². The van der Waals surface area contributed by atoms with E-state index in [4.69, 9.17) is 4.74 Å². The van der Waals surface area contributed by atoms with Crippen LogP contribution in [0.1, 0.15) is 5.82 Å². The number of ether oxygens (including phenoxy) is 1. The standard InChI is InChI=1S/C7H9N5O/c1-2-13-7-5(8-1)3-6-10-9-4-12(6)11-7/h4-5,8H,1-3H2. The Labute approximate surface area is 74.6 Å². The molecule has 6 nitrogen and oxygen atoms in total. The van der Waals surface area contributed by atoms with Crippen LogP contribution in [0.15, 0.2) is 11.4 Å². The summed E-state index contributed by atoms with van der Waals surface area (Å²) in [5.41, 5.74) is 0. The first-order valence-corrected chi connectivity index (χ1v) is 4.27. The third-order valence-corrected chi connectivity index (χ3v) is 2.23. The summed E-state index contributed by atoms with van der Waals surface area (Å²) in [5, 5.41) is 15.3. The number of nitrogens with one attached hydrogen (secondary N) is 1. The van der Waals surface area contributed by atoms with Gasteiger partial charge in [0.2, 0.25) is 5.90 Å². The van der Waals surface area contributed by atoms with Crippen LogP contribution in [-0.4, -0.2) is 40.0 Å². The number of hydrogen-bond acceptors (Lipinski definition) is 5. The lowest BCUT2D eigenvalue weighted by Gasteiger charge is -2.27. The molecular weight excluding hydrogens is 170 g/mol. The number of aromatic nitrogens is 3. The molecule has 0 aromatic carbocycles. The van der Waals surface area contributed by atoms with E-state index in [9.17, 15) is 0 Å². The van der Waals surface area contributed by atoms with E-state index in [1.165, 1.54) is 0 Å². The summed E-state index contributed by atoms with van der Waals surface area (Å²) < 4.78 is 7.08. The molecule has 1 unspecified atom stereocenters. The van der Waals surface area contributed by atoms with Crippen LogP contribution in [-0.2, 0) is 11.2 Å². The molecule has 3 rings (SSSR count). The Hall–Kier alpha value is -1.43. The highest BCUT2D eigenvalue weighted by Gasteiger charge is 2.28. The van der Waals surface area contributed by atoms with Crippen molar-refractivity contribution < 1.29 is 4.74 Å². The molecule has 68 valence electrons. The molecule has 1 saturated heterocycles. The fourth-order valence-corrected chi connectivity index (χ4v) is 1.60. The minimum atomic E-state index is 0.186. The zero-order chi connectivity index (χ0) is 8.67. The summed E-state index contributed by atoms with van der Waals surface area (Å²) in [4.78, 5) is 0. The van der Waals surface area contributed by atoms with Crippen molar-refractivity contribution in [1.29, 1.82) is 0 Å². The van der Waals surface area contributed by atoms with Crippen LogP contribution in [0.2, 0.25) is 0 Å². The van der Waals surface area contributed by atoms with Gasteiger partial charge in [-0.2, -0.15) is 0 Å². The molecule has 0 amide bonds. The predicted molar refractivity (Wildman–Crippen MR) is 44.3 cm³/mol. The SMILES string of the molecule is c1nnc2n1N=C1OCCNC1C2. The molecule has 1 N–H and O–H groups in total. The van der Waals surface area contributed by atoms with Gasteiger partial charge in [0.25, 0.3) is 0 Å². The van der Waals surface area contributed by atoms with Crippen molar-refractivity contribution in [3.05, 3.63) is 12.2 Å². The lowest BCUT2D eigenvalue weighted by Crippen LogP contribution is -2.49. The first-order chi connectivity index (χ1) is 6.43. The van der Waals surface area contributed by atoms with E-state index in [0.717, 1.165) is 24.7 Å². The minimum absolute atomic E-state index is 0.186. The van der Waals surface area contributed by atoms with Crippen molar-refractivity contribution in [2.24, 2.45) is 5.10 Å². The average Bonchev–Trinajstić information content (AvgIpc) is 2.61. The van der Waals surface area contributed by atoms with Crippen LogP contribution in [0.25, 0.3) is 0 Å². The van der Waals surface area contributed by atoms with Crippen LogP contribution in [0.3, 0.4) is 0 Å². The summed E-state index contributed by atoms with van der Waals surface area (Å²) in [7, 11) is 0. The molecule has 0 saturated carbocycles. The third-order valence-electron chi connectivity index (χ3n) is 2.23. The highest BCUT2D eigenvalue weighted by molar-refractivity contribution is 5.83. The fourth-order valence-electron chi connectivity index (χ4n) is 1.60. The number of nitrogens with zero attached hydrogens (tertiary/aromatic N) is 4. The molecule has 13 heavy (non-hydrogen) atoms. The second-order valence-electron chi connectivity index (χ2n) is 3.09. The Bertz CT molecular complexity index is 358. The maximum Gasteiger partial charge on any atom is 0.224 e. The topological polar surface area (TPSA) is 64.3 Å². The summed E-state index contributed by atoms with van der Waals surface area (Å²) in [5.74, 6) is 1.63. The van der Waals surface area contributed by atoms with E-state index < -0.39 is 0 Å². The second-order valence-corrected chi connectivity index (χ2v) is 3.09. The first kappa shape index (κ1) is 7.02. The Morgan fingerprint density at radius 2 is 2.62 bits per heavy atom. The van der Waals surface area contributed by atoms with Crippen molar-refractivity contribution in [2.45, 2.75) is 12.5 Å². The zero-order valence-electron chi connectivity index (χ0n) is 6.97. The molecule has 0 radical (unpaired) electrons. The molecule has 1 atom stereocenters. The van der Waals surface area contributed by atoms with Gasteiger partial charge in [-0.1, -0.05) is 0 Å². The highest BCUT2D eigenvalue weighted by atomic mass is 16.5. The monoisotopic (exact) mass is 179 g/mol. The van der Waals surface area contributed by atoms with Gasteiger partial charge in [-0.15, -0.1) is 15.3 Å². The average molecular weight is 179 g/mol. The van der Waals surface area contributed by atoms with Gasteiger partial charge >= 0.3 is 0 Å². The van der Waals surface area contributed by atoms with Gasteiger partial charge in [-0.3, -0.25) is 0 Å². The van der Waals surface area contributed by atoms with E-state index in [-0.39, 0.29) is 6.04 Å². The first-order valence-electron chi connectivity index (χ1n) is 4.27. The quantitative estimate of drug-likeness (QED) is 0.554. The summed E-state index contributed by atoms with van der Waals surface area (Å²) in [6.45, 7) is 1.56. The molecule has 0 bridgehead atoms. The minimum Gasteiger partial charge on any atom is -0.477 e. The van der Waals surface area contributed by atoms with E-state index in [1.54, 1.807) is 11.0 Å². The Kier molecular flexibility index (Phi) is 1.36. The van der Waals surface area contributed by atoms with E-state index in [1.807, 2.05) is 0 Å². The van der Waals surface area contributed by atoms with Gasteiger partial charge < -0.3 is 10.1 Å². The second kappa shape index (κ2) is 2.53. The zero-order valence-corrected chi connectivity index (χ0v) is 6.97. The van der Waals surface area contributed by atoms with E-state index in [2.05, 4.69) is 20.6 Å². The van der Waals surface area contributed by atoms with Crippen LogP contribution in [0.5, 0.6) is 0 Å². The van der Waals surface area contributed by atoms with E-state index >= 15 is 0 Å². The van der Waals surface area contributed by atoms with Crippen molar-refractivity contribution in [3.63, 3.8) is 0 Å². The lowest BCUT2D eigenvalue weighted by molar-refractivity contribution is 0.236. The molecule has 1 aromatic heterocycles. The summed E-state index contributed by atoms with van der Waals surface area (Å²) in [6.07, 6.45) is 2.40. The fraction of sp³-hybridized carbons (Fsp3) is 0.571. The molecule has 1 fully saturated rings. The maximum atomic E-state index is 5.42. The normalized spacial score (nSPS) is 25.5. The van der Waals surface area contributed by atoms with Gasteiger partial charge in [-0.05, 0) is 0 Å². The number of fused-ring (bicyclic) bond motifs is 2. The van der Waals surface area contributed by atoms with Crippen LogP contribution in [0, 0.1) is 0 Å². The molecular formula is C7H9N5O. The number of rotatable bonds is 0. The van der Waals surface area contributed by atoms with Gasteiger partial charge in [0.15, 0.2) is 5.82 Å². The molecule has 0 spiro atoms. The molecule has 0 aliphatic carbocycles. The van der Waals surface area contributed by atoms with Gasteiger partial charge in [0.05, 0.1) is 6.04 Å². The van der Waals surface area contributed by atoms with Crippen molar-refractivity contribution in [2.75, 3.05) is 13.2 Å². The van der Waals surface area contributed by atoms with E-state index in [0.29, 0.717) is 6.61 Å². The maximum absolute atomic E-state index is 5.42. The van der Waals surface area contributed by atoms with Crippen molar-refractivity contribution in [1.82, 2.24) is 20.2 Å². The van der Waals surface area contributed by atoms with Gasteiger partial charge in [0.1, 0.15) is 12.9 Å². The summed E-state index contributed by atoms with van der Waals surface area (Å²) in [6, 6.07) is 0.186. The molecule has 2 aliphatic rings. The molecule has 6 heteroatoms. The Balaban J connectivity index is 2.02. The van der Waals surface area contributed by atoms with Gasteiger partial charge in [0, 0.05) is 13.0 Å². The highest BCUT2D eigenvalue weighted by Crippen LogP contribution is 2.11. The Morgan fingerprint density at radius 3 is 3.62 bits per heavy atom. The number of morpholine rings is 1. The van der Waals surface area contributed by atoms with Crippen LogP contribution in [0.4, 0.5) is 0 Å². The third kappa shape index (κ3) is 1.02. The molecule has 1 aromatic rings. The number of hydrogen-bond donors (Lipinski definition) is 1. The molecule has 3 heterocycles. The summed E-state index contributed by atoms with van der Waals surface area (Å²) >= 11 is 0. The Morgan fingerprint density at radius 1 is 1.62 bits per heavy atom. The van der Waals surface area contributed by atoms with Crippen LogP contribution < -0.4 is 5.32 Å². The van der Waals surface area contributed by atoms with Crippen molar-refractivity contribution >= 4 is 5.90 Å². The molecule has 2 aliphatic heterocycles. The smallest absolute Gasteiger partial charge is 0.224 e.